The van der Waals surface area contributed by atoms with Crippen molar-refractivity contribution in [2.75, 3.05) is 38.7 Å². The summed E-state index contributed by atoms with van der Waals surface area (Å²) in [5.74, 6) is 1.28. The lowest BCUT2D eigenvalue weighted by atomic mass is 9.94. The largest absolute Gasteiger partial charge is 0.495 e. The Morgan fingerprint density at radius 3 is 2.68 bits per heavy atom. The Bertz CT molecular complexity index is 788. The van der Waals surface area contributed by atoms with Crippen LogP contribution in [0.4, 0.5) is 5.69 Å². The molecule has 31 heavy (non-hydrogen) atoms. The van der Waals surface area contributed by atoms with Crippen molar-refractivity contribution in [3.05, 3.63) is 30.7 Å². The van der Waals surface area contributed by atoms with E-state index >= 15 is 0 Å². The first-order valence-electron chi connectivity index (χ1n) is 10.8. The van der Waals surface area contributed by atoms with E-state index in [-0.39, 0.29) is 13.2 Å². The molecule has 1 aromatic heterocycles. The number of nitrogens with zero attached hydrogens (tertiary/aromatic N) is 2. The highest BCUT2D eigenvalue weighted by atomic mass is 16.5. The number of aliphatic hydroxyl groups excluding tert-OH is 4. The number of ether oxygens (including phenoxy) is 1. The highest BCUT2D eigenvalue weighted by Gasteiger charge is 2.40. The zero-order valence-electron chi connectivity index (χ0n) is 17.9. The molecule has 9 heteroatoms. The van der Waals surface area contributed by atoms with E-state index in [1.165, 1.54) is 6.26 Å². The molecule has 0 spiro atoms. The average Bonchev–Trinajstić information content (AvgIpc) is 3.32. The summed E-state index contributed by atoms with van der Waals surface area (Å²) < 4.78 is 10.8. The molecule has 0 bridgehead atoms. The molecule has 2 aromatic rings. The van der Waals surface area contributed by atoms with Crippen LogP contribution in [0, 0.1) is 0 Å². The molecule has 1 aliphatic rings. The molecule has 1 aromatic carbocycles. The van der Waals surface area contributed by atoms with Crippen molar-refractivity contribution < 1.29 is 29.6 Å². The number of rotatable bonds is 11. The van der Waals surface area contributed by atoms with Gasteiger partial charge in [-0.05, 0) is 37.6 Å². The second-order valence-corrected chi connectivity index (χ2v) is 7.89. The molecule has 5 N–H and O–H groups in total. The molecule has 1 saturated heterocycles. The van der Waals surface area contributed by atoms with Crippen molar-refractivity contribution in [2.24, 2.45) is 0 Å². The van der Waals surface area contributed by atoms with Crippen molar-refractivity contribution >= 4 is 5.69 Å². The molecule has 3 rings (SSSR count). The van der Waals surface area contributed by atoms with Crippen LogP contribution in [0.25, 0.3) is 11.5 Å². The number of hydrogen-bond acceptors (Lipinski definition) is 9. The summed E-state index contributed by atoms with van der Waals surface area (Å²) in [4.78, 5) is 6.01. The van der Waals surface area contributed by atoms with Crippen molar-refractivity contribution in [1.82, 2.24) is 9.88 Å². The monoisotopic (exact) mass is 435 g/mol. The number of hydrogen-bond donors (Lipinski definition) is 5. The van der Waals surface area contributed by atoms with E-state index in [0.29, 0.717) is 12.4 Å². The van der Waals surface area contributed by atoms with Gasteiger partial charge in [0.05, 0.1) is 37.7 Å². The standard InChI is InChI=1S/C22H33N3O6/c1-30-19-12-15(22-24-9-11-31-22)6-7-16(19)23-8-4-2-3-5-10-25-13-18(27)21(29)20(28)17(25)14-26/h6-7,9,11-12,17-18,20-21,23,26-29H,2-5,8,10,13-14H2,1H3/t17-,18+,20-,21-/m1/s1. The van der Waals surface area contributed by atoms with Crippen molar-refractivity contribution in [2.45, 2.75) is 50.0 Å². The average molecular weight is 436 g/mol. The number of unbranched alkanes of at least 4 members (excludes halogenated alkanes) is 3. The summed E-state index contributed by atoms with van der Waals surface area (Å²) in [6.45, 7) is 1.48. The minimum Gasteiger partial charge on any atom is -0.495 e. The number of likely N-dealkylation sites (tertiary alicyclic amines) is 1. The molecule has 1 fully saturated rings. The highest BCUT2D eigenvalue weighted by molar-refractivity contribution is 5.66. The summed E-state index contributed by atoms with van der Waals surface area (Å²) in [5.41, 5.74) is 1.77. The van der Waals surface area contributed by atoms with E-state index < -0.39 is 24.4 Å². The van der Waals surface area contributed by atoms with Crippen LogP contribution in [0.2, 0.25) is 0 Å². The number of benzene rings is 1. The van der Waals surface area contributed by atoms with Crippen molar-refractivity contribution in [1.29, 1.82) is 0 Å². The van der Waals surface area contributed by atoms with E-state index in [4.69, 9.17) is 9.15 Å². The first kappa shape index (κ1) is 23.5. The molecule has 2 heterocycles. The Labute approximate surface area is 182 Å². The van der Waals surface area contributed by atoms with Crippen LogP contribution in [0.5, 0.6) is 5.75 Å². The van der Waals surface area contributed by atoms with Crippen LogP contribution < -0.4 is 10.1 Å². The van der Waals surface area contributed by atoms with Crippen molar-refractivity contribution in [3.8, 4) is 17.2 Å². The van der Waals surface area contributed by atoms with Crippen LogP contribution in [-0.4, -0.2) is 88.0 Å². The molecule has 0 unspecified atom stereocenters. The fraction of sp³-hybridized carbons (Fsp3) is 0.591. The Hall–Kier alpha value is -2.17. The maximum atomic E-state index is 10.0. The SMILES string of the molecule is COc1cc(-c2ncco2)ccc1NCCCCCCN1C[C@H](O)[C@@H](O)[C@H](O)[C@H]1CO. The lowest BCUT2D eigenvalue weighted by molar-refractivity contribution is -0.145. The number of oxazole rings is 1. The van der Waals surface area contributed by atoms with Gasteiger partial charge in [0.1, 0.15) is 24.2 Å². The summed E-state index contributed by atoms with van der Waals surface area (Å²) in [6, 6.07) is 5.25. The van der Waals surface area contributed by atoms with Gasteiger partial charge < -0.3 is 34.9 Å². The topological polar surface area (TPSA) is 131 Å². The predicted octanol–water partition coefficient (Wildman–Crippen LogP) is 1.08. The zero-order chi connectivity index (χ0) is 22.2. The van der Waals surface area contributed by atoms with Gasteiger partial charge in [0, 0.05) is 18.7 Å². The van der Waals surface area contributed by atoms with Gasteiger partial charge in [-0.15, -0.1) is 0 Å². The van der Waals surface area contributed by atoms with Gasteiger partial charge in [-0.2, -0.15) is 0 Å². The summed E-state index contributed by atoms with van der Waals surface area (Å²) in [7, 11) is 1.63. The molecule has 0 aliphatic carbocycles. The molecular weight excluding hydrogens is 402 g/mol. The van der Waals surface area contributed by atoms with Crippen LogP contribution >= 0.6 is 0 Å². The molecule has 9 nitrogen and oxygen atoms in total. The predicted molar refractivity (Wildman–Crippen MR) is 116 cm³/mol. The van der Waals surface area contributed by atoms with Gasteiger partial charge >= 0.3 is 0 Å². The van der Waals surface area contributed by atoms with Gasteiger partial charge in [0.25, 0.3) is 0 Å². The van der Waals surface area contributed by atoms with Gasteiger partial charge in [-0.25, -0.2) is 4.98 Å². The molecule has 0 radical (unpaired) electrons. The van der Waals surface area contributed by atoms with Gasteiger partial charge in [-0.1, -0.05) is 12.8 Å². The quantitative estimate of drug-likeness (QED) is 0.329. The molecule has 0 saturated carbocycles. The lowest BCUT2D eigenvalue weighted by Gasteiger charge is -2.43. The number of piperidine rings is 1. The summed E-state index contributed by atoms with van der Waals surface area (Å²) in [5, 5.41) is 42.6. The fourth-order valence-electron chi connectivity index (χ4n) is 3.99. The number of nitrogens with one attached hydrogen (secondary N) is 1. The minimum atomic E-state index is -1.21. The second kappa shape index (κ2) is 11.4. The third-order valence-electron chi connectivity index (χ3n) is 5.78. The molecule has 172 valence electrons. The van der Waals surface area contributed by atoms with E-state index in [1.807, 2.05) is 23.1 Å². The summed E-state index contributed by atoms with van der Waals surface area (Å²) in [6.07, 6.45) is 3.70. The minimum absolute atomic E-state index is 0.245. The van der Waals surface area contributed by atoms with E-state index in [0.717, 1.165) is 49.2 Å². The number of aromatic nitrogens is 1. The number of methoxy groups -OCH3 is 1. The first-order valence-corrected chi connectivity index (χ1v) is 10.8. The van der Waals surface area contributed by atoms with Crippen LogP contribution in [0.3, 0.4) is 0 Å². The van der Waals surface area contributed by atoms with E-state index in [9.17, 15) is 20.4 Å². The van der Waals surface area contributed by atoms with Crippen LogP contribution in [-0.2, 0) is 0 Å². The van der Waals surface area contributed by atoms with Gasteiger partial charge in [0.15, 0.2) is 0 Å². The smallest absolute Gasteiger partial charge is 0.225 e. The van der Waals surface area contributed by atoms with E-state index in [2.05, 4.69) is 10.3 Å². The third-order valence-corrected chi connectivity index (χ3v) is 5.78. The Balaban J connectivity index is 1.37. The molecule has 1 aliphatic heterocycles. The van der Waals surface area contributed by atoms with Gasteiger partial charge in [0.2, 0.25) is 5.89 Å². The molecular formula is C22H33N3O6. The molecule has 4 atom stereocenters. The highest BCUT2D eigenvalue weighted by Crippen LogP contribution is 2.30. The maximum Gasteiger partial charge on any atom is 0.225 e. The molecule has 0 amide bonds. The number of anilines is 1. The Morgan fingerprint density at radius 1 is 1.16 bits per heavy atom. The third kappa shape index (κ3) is 5.96. The Morgan fingerprint density at radius 2 is 1.97 bits per heavy atom. The Kier molecular flexibility index (Phi) is 8.68. The maximum absolute atomic E-state index is 10.0. The zero-order valence-corrected chi connectivity index (χ0v) is 17.9. The summed E-state index contributed by atoms with van der Waals surface area (Å²) >= 11 is 0. The normalized spacial score (nSPS) is 24.3. The fourth-order valence-corrected chi connectivity index (χ4v) is 3.99. The van der Waals surface area contributed by atoms with Crippen LogP contribution in [0.1, 0.15) is 25.7 Å². The van der Waals surface area contributed by atoms with Crippen molar-refractivity contribution in [3.63, 3.8) is 0 Å². The van der Waals surface area contributed by atoms with E-state index in [1.54, 1.807) is 13.3 Å². The first-order chi connectivity index (χ1) is 15.0. The number of aliphatic hydroxyl groups is 4. The van der Waals surface area contributed by atoms with Gasteiger partial charge in [-0.3, -0.25) is 4.90 Å². The number of β-amino-alcohol motifs (C(OH)–C–C–N with tert-alkyl or cyclic N) is 1. The lowest BCUT2D eigenvalue weighted by Crippen LogP contribution is -2.62. The van der Waals surface area contributed by atoms with Crippen LogP contribution in [0.15, 0.2) is 35.1 Å². The second-order valence-electron chi connectivity index (χ2n) is 7.89.